The average Bonchev–Trinajstić information content (AvgIpc) is 2.89. The van der Waals surface area contributed by atoms with Crippen LogP contribution in [-0.4, -0.2) is 36.6 Å². The van der Waals surface area contributed by atoms with Gasteiger partial charge in [0.1, 0.15) is 0 Å². The number of hydrogen-bond acceptors (Lipinski definition) is 6. The maximum atomic E-state index is 10.7. The third-order valence-corrected chi connectivity index (χ3v) is 3.65. The zero-order valence-electron chi connectivity index (χ0n) is 12.5. The van der Waals surface area contributed by atoms with Crippen LogP contribution in [-0.2, 0) is 11.3 Å². The number of aryl methyl sites for hydroxylation is 2. The van der Waals surface area contributed by atoms with E-state index in [0.29, 0.717) is 35.1 Å². The van der Waals surface area contributed by atoms with Crippen LogP contribution in [0.25, 0.3) is 11.6 Å². The maximum Gasteiger partial charge on any atom is 0.313 e. The van der Waals surface area contributed by atoms with E-state index in [9.17, 15) is 4.79 Å². The maximum absolute atomic E-state index is 10.7. The summed E-state index contributed by atoms with van der Waals surface area (Å²) in [5.41, 5.74) is 0.750. The Balaban J connectivity index is 2.41. The molecule has 0 aliphatic heterocycles. The van der Waals surface area contributed by atoms with Crippen LogP contribution in [0.5, 0.6) is 0 Å². The number of carboxylic acid groups (broad SMARTS) is 1. The van der Waals surface area contributed by atoms with Crippen molar-refractivity contribution in [3.8, 4) is 11.6 Å². The van der Waals surface area contributed by atoms with Crippen molar-refractivity contribution in [1.82, 2.24) is 19.7 Å². The molecule has 2 aromatic heterocycles. The quantitative estimate of drug-likeness (QED) is 0.818. The second-order valence-electron chi connectivity index (χ2n) is 5.14. The zero-order chi connectivity index (χ0) is 15.6. The number of aromatic nitrogens is 4. The minimum atomic E-state index is -0.882. The number of thioether (sulfide) groups is 1. The van der Waals surface area contributed by atoms with Crippen LogP contribution in [0.4, 0.5) is 0 Å². The molecule has 0 fully saturated rings. The van der Waals surface area contributed by atoms with E-state index >= 15 is 0 Å². The number of carbonyl (C=O) groups is 1. The molecule has 0 spiro atoms. The van der Waals surface area contributed by atoms with Gasteiger partial charge in [0.25, 0.3) is 0 Å². The van der Waals surface area contributed by atoms with Gasteiger partial charge in [-0.05, 0) is 12.8 Å². The fraction of sp³-hybridized carbons (Fsp3) is 0.538. The Kier molecular flexibility index (Phi) is 4.66. The van der Waals surface area contributed by atoms with E-state index in [1.54, 1.807) is 6.92 Å². The molecule has 0 radical (unpaired) electrons. The van der Waals surface area contributed by atoms with Crippen molar-refractivity contribution in [2.24, 2.45) is 5.92 Å². The predicted octanol–water partition coefficient (Wildman–Crippen LogP) is 2.38. The molecule has 0 aromatic carbocycles. The monoisotopic (exact) mass is 310 g/mol. The lowest BCUT2D eigenvalue weighted by Gasteiger charge is -2.11. The van der Waals surface area contributed by atoms with E-state index in [1.807, 2.05) is 11.5 Å². The first-order chi connectivity index (χ1) is 9.88. The molecule has 0 saturated heterocycles. The Morgan fingerprint density at radius 1 is 1.38 bits per heavy atom. The Morgan fingerprint density at radius 2 is 2.10 bits per heavy atom. The molecule has 0 aliphatic carbocycles. The molecule has 0 saturated carbocycles. The Labute approximate surface area is 126 Å². The summed E-state index contributed by atoms with van der Waals surface area (Å²) < 4.78 is 7.50. The minimum Gasteiger partial charge on any atom is -0.481 e. The summed E-state index contributed by atoms with van der Waals surface area (Å²) in [5.74, 6) is 1.18. The van der Waals surface area contributed by atoms with Crippen molar-refractivity contribution in [1.29, 1.82) is 0 Å². The summed E-state index contributed by atoms with van der Waals surface area (Å²) in [6, 6.07) is 0. The van der Waals surface area contributed by atoms with E-state index in [4.69, 9.17) is 9.52 Å². The van der Waals surface area contributed by atoms with Crippen LogP contribution < -0.4 is 0 Å². The lowest BCUT2D eigenvalue weighted by atomic mass is 10.2. The van der Waals surface area contributed by atoms with E-state index in [1.165, 1.54) is 0 Å². The van der Waals surface area contributed by atoms with Crippen LogP contribution >= 0.6 is 11.8 Å². The van der Waals surface area contributed by atoms with Gasteiger partial charge in [-0.15, -0.1) is 10.2 Å². The van der Waals surface area contributed by atoms with Crippen molar-refractivity contribution in [2.75, 3.05) is 5.75 Å². The van der Waals surface area contributed by atoms with E-state index in [-0.39, 0.29) is 5.75 Å². The Hall–Kier alpha value is -1.83. The van der Waals surface area contributed by atoms with Crippen LogP contribution in [0.15, 0.2) is 9.57 Å². The van der Waals surface area contributed by atoms with Gasteiger partial charge >= 0.3 is 5.97 Å². The molecule has 114 valence electrons. The molecule has 7 nitrogen and oxygen atoms in total. The lowest BCUT2D eigenvalue weighted by Crippen LogP contribution is -2.09. The highest BCUT2D eigenvalue weighted by molar-refractivity contribution is 7.99. The van der Waals surface area contributed by atoms with Crippen LogP contribution in [0.3, 0.4) is 0 Å². The van der Waals surface area contributed by atoms with Gasteiger partial charge in [-0.3, -0.25) is 9.36 Å². The zero-order valence-corrected chi connectivity index (χ0v) is 13.3. The largest absolute Gasteiger partial charge is 0.481 e. The molecule has 21 heavy (non-hydrogen) atoms. The van der Waals surface area contributed by atoms with E-state index < -0.39 is 5.97 Å². The standard InChI is InChI=1S/C13H18N4O3S/c1-7(2)5-17-12(11-8(3)14-9(4)20-11)15-16-13(17)21-6-10(18)19/h7H,5-6H2,1-4H3,(H,18,19). The van der Waals surface area contributed by atoms with Crippen molar-refractivity contribution >= 4 is 17.7 Å². The van der Waals surface area contributed by atoms with E-state index in [0.717, 1.165) is 17.5 Å². The van der Waals surface area contributed by atoms with Crippen LogP contribution in [0.2, 0.25) is 0 Å². The Morgan fingerprint density at radius 3 is 2.62 bits per heavy atom. The fourth-order valence-electron chi connectivity index (χ4n) is 1.96. The summed E-state index contributed by atoms with van der Waals surface area (Å²) in [4.78, 5) is 15.0. The molecule has 0 aliphatic rings. The Bertz CT molecular complexity index is 648. The van der Waals surface area contributed by atoms with Gasteiger partial charge in [-0.25, -0.2) is 4.98 Å². The van der Waals surface area contributed by atoms with Crippen molar-refractivity contribution in [3.63, 3.8) is 0 Å². The van der Waals surface area contributed by atoms with Crippen LogP contribution in [0, 0.1) is 19.8 Å². The molecule has 2 heterocycles. The smallest absolute Gasteiger partial charge is 0.313 e. The number of carboxylic acids is 1. The predicted molar refractivity (Wildman–Crippen MR) is 78.2 cm³/mol. The topological polar surface area (TPSA) is 94.0 Å². The number of hydrogen-bond donors (Lipinski definition) is 1. The summed E-state index contributed by atoms with van der Waals surface area (Å²) in [6.07, 6.45) is 0. The van der Waals surface area contributed by atoms with Gasteiger partial charge in [-0.1, -0.05) is 25.6 Å². The van der Waals surface area contributed by atoms with Crippen molar-refractivity contribution < 1.29 is 14.3 Å². The average molecular weight is 310 g/mol. The fourth-order valence-corrected chi connectivity index (χ4v) is 2.63. The molecule has 8 heteroatoms. The molecular formula is C13H18N4O3S. The molecule has 0 atom stereocenters. The molecular weight excluding hydrogens is 292 g/mol. The number of aliphatic carboxylic acids is 1. The van der Waals surface area contributed by atoms with Crippen molar-refractivity contribution in [2.45, 2.75) is 39.4 Å². The number of nitrogens with zero attached hydrogens (tertiary/aromatic N) is 4. The molecule has 0 amide bonds. The summed E-state index contributed by atoms with van der Waals surface area (Å²) >= 11 is 1.15. The summed E-state index contributed by atoms with van der Waals surface area (Å²) in [5, 5.41) is 17.6. The van der Waals surface area contributed by atoms with Gasteiger partial charge in [0.2, 0.25) is 5.82 Å². The second-order valence-corrected chi connectivity index (χ2v) is 6.08. The molecule has 2 rings (SSSR count). The summed E-state index contributed by atoms with van der Waals surface area (Å²) in [6.45, 7) is 8.47. The first-order valence-corrected chi connectivity index (χ1v) is 7.59. The normalized spacial score (nSPS) is 11.3. The molecule has 0 unspecified atom stereocenters. The lowest BCUT2D eigenvalue weighted by molar-refractivity contribution is -0.133. The molecule has 1 N–H and O–H groups in total. The third-order valence-electron chi connectivity index (χ3n) is 2.70. The van der Waals surface area contributed by atoms with Gasteiger partial charge in [0.15, 0.2) is 16.8 Å². The first-order valence-electron chi connectivity index (χ1n) is 6.60. The summed E-state index contributed by atoms with van der Waals surface area (Å²) in [7, 11) is 0. The number of oxazole rings is 1. The highest BCUT2D eigenvalue weighted by atomic mass is 32.2. The minimum absolute atomic E-state index is 0.0509. The highest BCUT2D eigenvalue weighted by Gasteiger charge is 2.21. The first kappa shape index (κ1) is 15.6. The molecule has 0 bridgehead atoms. The van der Waals surface area contributed by atoms with Gasteiger partial charge in [-0.2, -0.15) is 0 Å². The van der Waals surface area contributed by atoms with Gasteiger partial charge in [0, 0.05) is 13.5 Å². The van der Waals surface area contributed by atoms with Gasteiger partial charge in [0.05, 0.1) is 11.4 Å². The van der Waals surface area contributed by atoms with Gasteiger partial charge < -0.3 is 9.52 Å². The van der Waals surface area contributed by atoms with Crippen molar-refractivity contribution in [3.05, 3.63) is 11.6 Å². The van der Waals surface area contributed by atoms with E-state index in [2.05, 4.69) is 29.0 Å². The highest BCUT2D eigenvalue weighted by Crippen LogP contribution is 2.27. The number of rotatable bonds is 6. The molecule has 2 aromatic rings. The SMILES string of the molecule is Cc1nc(C)c(-c2nnc(SCC(=O)O)n2CC(C)C)o1. The van der Waals surface area contributed by atoms with Crippen LogP contribution in [0.1, 0.15) is 25.4 Å². The second kappa shape index (κ2) is 6.30. The third kappa shape index (κ3) is 3.63.